The summed E-state index contributed by atoms with van der Waals surface area (Å²) >= 11 is 0. The van der Waals surface area contributed by atoms with Gasteiger partial charge in [-0.2, -0.15) is 5.26 Å². The van der Waals surface area contributed by atoms with E-state index in [0.717, 1.165) is 63.3 Å². The fourth-order valence-corrected chi connectivity index (χ4v) is 5.03. The van der Waals surface area contributed by atoms with Crippen molar-refractivity contribution in [2.45, 2.75) is 37.6 Å². The van der Waals surface area contributed by atoms with Crippen LogP contribution < -0.4 is 9.64 Å². The summed E-state index contributed by atoms with van der Waals surface area (Å²) in [6, 6.07) is 16.3. The van der Waals surface area contributed by atoms with Crippen molar-refractivity contribution in [3.63, 3.8) is 0 Å². The van der Waals surface area contributed by atoms with Gasteiger partial charge in [0.15, 0.2) is 0 Å². The molecule has 154 valence electrons. The highest BCUT2D eigenvalue weighted by Gasteiger charge is 2.48. The molecule has 30 heavy (non-hydrogen) atoms. The Balaban J connectivity index is 1.35. The number of nitrogens with zero attached hydrogens (tertiary/aromatic N) is 3. The van der Waals surface area contributed by atoms with Gasteiger partial charge in [0.05, 0.1) is 18.7 Å². The molecule has 2 aromatic carbocycles. The summed E-state index contributed by atoms with van der Waals surface area (Å²) in [6.45, 7) is 3.71. The van der Waals surface area contributed by atoms with Crippen LogP contribution in [0.2, 0.25) is 0 Å². The average Bonchev–Trinajstić information content (AvgIpc) is 3.60. The summed E-state index contributed by atoms with van der Waals surface area (Å²) in [7, 11) is 1.71. The minimum absolute atomic E-state index is 0.0234. The normalized spacial score (nSPS) is 20.1. The molecule has 2 aliphatic heterocycles. The lowest BCUT2D eigenvalue weighted by Gasteiger charge is -2.40. The van der Waals surface area contributed by atoms with Crippen molar-refractivity contribution in [2.75, 3.05) is 31.6 Å². The summed E-state index contributed by atoms with van der Waals surface area (Å²) in [6.07, 6.45) is 4.15. The molecule has 5 rings (SSSR count). The molecule has 0 aromatic heterocycles. The number of benzene rings is 2. The lowest BCUT2D eigenvalue weighted by molar-refractivity contribution is -0.119. The Labute approximate surface area is 177 Å². The van der Waals surface area contributed by atoms with E-state index in [4.69, 9.17) is 10.00 Å². The fraction of sp³-hybridized carbons (Fsp3) is 0.440. The molecule has 0 atom stereocenters. The van der Waals surface area contributed by atoms with E-state index in [0.29, 0.717) is 11.5 Å². The van der Waals surface area contributed by atoms with Crippen LogP contribution in [0.4, 0.5) is 5.69 Å². The third-order valence-electron chi connectivity index (χ3n) is 7.02. The van der Waals surface area contributed by atoms with Crippen molar-refractivity contribution >= 4 is 11.6 Å². The van der Waals surface area contributed by atoms with E-state index in [1.54, 1.807) is 7.11 Å². The number of hydrogen-bond donors (Lipinski definition) is 0. The molecule has 1 saturated heterocycles. The molecule has 0 unspecified atom stereocenters. The van der Waals surface area contributed by atoms with Crippen LogP contribution in [0.15, 0.2) is 42.5 Å². The Morgan fingerprint density at radius 1 is 1.17 bits per heavy atom. The van der Waals surface area contributed by atoms with E-state index in [-0.39, 0.29) is 11.3 Å². The molecule has 1 amide bonds. The Kier molecular flexibility index (Phi) is 4.75. The monoisotopic (exact) mass is 401 g/mol. The predicted molar refractivity (Wildman–Crippen MR) is 115 cm³/mol. The van der Waals surface area contributed by atoms with Crippen LogP contribution in [-0.2, 0) is 16.8 Å². The lowest BCUT2D eigenvalue weighted by Crippen LogP contribution is -2.46. The number of hydrogen-bond acceptors (Lipinski definition) is 4. The van der Waals surface area contributed by atoms with Crippen LogP contribution in [0.5, 0.6) is 5.75 Å². The number of carbonyl (C=O) groups is 1. The maximum Gasteiger partial charge on any atom is 0.230 e. The molecule has 5 nitrogen and oxygen atoms in total. The maximum atomic E-state index is 13.0. The second kappa shape index (κ2) is 7.45. The highest BCUT2D eigenvalue weighted by atomic mass is 16.5. The number of rotatable bonds is 4. The van der Waals surface area contributed by atoms with E-state index < -0.39 is 0 Å². The minimum Gasteiger partial charge on any atom is -0.497 e. The molecule has 0 N–H and O–H groups in total. The van der Waals surface area contributed by atoms with Crippen LogP contribution in [-0.4, -0.2) is 37.6 Å². The number of carbonyl (C=O) groups excluding carboxylic acids is 1. The van der Waals surface area contributed by atoms with Gasteiger partial charge in [-0.15, -0.1) is 0 Å². The zero-order chi connectivity index (χ0) is 20.7. The van der Waals surface area contributed by atoms with Crippen molar-refractivity contribution in [3.8, 4) is 11.8 Å². The Bertz CT molecular complexity index is 996. The predicted octanol–water partition coefficient (Wildman–Crippen LogP) is 3.86. The number of nitriles is 1. The number of methoxy groups -OCH3 is 1. The zero-order valence-electron chi connectivity index (χ0n) is 17.4. The first-order valence-corrected chi connectivity index (χ1v) is 10.8. The number of likely N-dealkylation sites (tertiary alicyclic amines) is 1. The highest BCUT2D eigenvalue weighted by molar-refractivity contribution is 5.99. The molecule has 3 aliphatic rings. The van der Waals surface area contributed by atoms with Crippen LogP contribution in [0, 0.1) is 17.2 Å². The first-order chi connectivity index (χ1) is 14.6. The Hall–Kier alpha value is -2.84. The summed E-state index contributed by atoms with van der Waals surface area (Å²) in [4.78, 5) is 17.5. The molecule has 1 aliphatic carbocycles. The van der Waals surface area contributed by atoms with Gasteiger partial charge in [0, 0.05) is 30.1 Å². The van der Waals surface area contributed by atoms with E-state index in [1.807, 2.05) is 18.2 Å². The SMILES string of the molecule is COc1ccc2c(c1)C1(CCN(Cc3ccc(C#N)cc3)CC1)CN2C(=O)C1CC1. The molecule has 0 bridgehead atoms. The Morgan fingerprint density at radius 3 is 2.53 bits per heavy atom. The second-order valence-electron chi connectivity index (χ2n) is 8.95. The number of anilines is 1. The molecule has 1 saturated carbocycles. The molecule has 0 radical (unpaired) electrons. The number of piperidine rings is 1. The summed E-state index contributed by atoms with van der Waals surface area (Å²) in [5, 5.41) is 8.99. The highest BCUT2D eigenvalue weighted by Crippen LogP contribution is 2.49. The number of fused-ring (bicyclic) bond motifs is 2. The van der Waals surface area contributed by atoms with E-state index in [1.165, 1.54) is 11.1 Å². The van der Waals surface area contributed by atoms with E-state index in [2.05, 4.69) is 40.1 Å². The third-order valence-corrected chi connectivity index (χ3v) is 7.02. The first-order valence-electron chi connectivity index (χ1n) is 10.8. The van der Waals surface area contributed by atoms with Gasteiger partial charge in [-0.3, -0.25) is 9.69 Å². The minimum atomic E-state index is 0.0234. The fourth-order valence-electron chi connectivity index (χ4n) is 5.03. The second-order valence-corrected chi connectivity index (χ2v) is 8.95. The standard InChI is InChI=1S/C25H27N3O2/c1-30-21-8-9-23-22(14-21)25(17-28(23)24(29)20-6-7-20)10-12-27(13-11-25)16-19-4-2-18(15-26)3-5-19/h2-5,8-9,14,20H,6-7,10-13,16-17H2,1H3. The maximum absolute atomic E-state index is 13.0. The molecule has 2 fully saturated rings. The van der Waals surface area contributed by atoms with Gasteiger partial charge < -0.3 is 9.64 Å². The average molecular weight is 402 g/mol. The summed E-state index contributed by atoms with van der Waals surface area (Å²) < 4.78 is 5.51. The molecule has 1 spiro atoms. The van der Waals surface area contributed by atoms with Crippen LogP contribution in [0.1, 0.15) is 42.4 Å². The van der Waals surface area contributed by atoms with Gasteiger partial charge in [-0.1, -0.05) is 12.1 Å². The van der Waals surface area contributed by atoms with Gasteiger partial charge in [0.1, 0.15) is 5.75 Å². The topological polar surface area (TPSA) is 56.6 Å². The van der Waals surface area contributed by atoms with Gasteiger partial charge >= 0.3 is 0 Å². The lowest BCUT2D eigenvalue weighted by atomic mass is 9.74. The van der Waals surface area contributed by atoms with Crippen molar-refractivity contribution in [3.05, 3.63) is 59.2 Å². The summed E-state index contributed by atoms with van der Waals surface area (Å²) in [5.74, 6) is 1.40. The molecule has 2 aromatic rings. The third kappa shape index (κ3) is 3.36. The molecule has 2 heterocycles. The van der Waals surface area contributed by atoms with Crippen molar-refractivity contribution < 1.29 is 9.53 Å². The quantitative estimate of drug-likeness (QED) is 0.781. The van der Waals surface area contributed by atoms with Gasteiger partial charge in [0.2, 0.25) is 5.91 Å². The van der Waals surface area contributed by atoms with Crippen molar-refractivity contribution in [1.82, 2.24) is 4.90 Å². The van der Waals surface area contributed by atoms with Crippen molar-refractivity contribution in [2.24, 2.45) is 5.92 Å². The number of amides is 1. The van der Waals surface area contributed by atoms with Gasteiger partial charge in [-0.05, 0) is 80.2 Å². The van der Waals surface area contributed by atoms with Gasteiger partial charge in [-0.25, -0.2) is 0 Å². The van der Waals surface area contributed by atoms with E-state index >= 15 is 0 Å². The first kappa shape index (κ1) is 19.1. The van der Waals surface area contributed by atoms with Crippen molar-refractivity contribution in [1.29, 1.82) is 5.26 Å². The van der Waals surface area contributed by atoms with E-state index in [9.17, 15) is 4.79 Å². The molecule has 5 heteroatoms. The van der Waals surface area contributed by atoms with Crippen LogP contribution in [0.25, 0.3) is 0 Å². The van der Waals surface area contributed by atoms with Crippen LogP contribution >= 0.6 is 0 Å². The van der Waals surface area contributed by atoms with Gasteiger partial charge in [0.25, 0.3) is 0 Å². The molecular weight excluding hydrogens is 374 g/mol. The Morgan fingerprint density at radius 2 is 1.90 bits per heavy atom. The summed E-state index contributed by atoms with van der Waals surface area (Å²) in [5.41, 5.74) is 4.34. The van der Waals surface area contributed by atoms with Crippen LogP contribution in [0.3, 0.4) is 0 Å². The largest absolute Gasteiger partial charge is 0.497 e. The zero-order valence-corrected chi connectivity index (χ0v) is 17.4. The molecular formula is C25H27N3O2. The smallest absolute Gasteiger partial charge is 0.230 e. The number of ether oxygens (including phenoxy) is 1.